The number of alkyl halides is 3. The zero-order chi connectivity index (χ0) is 21.2. The summed E-state index contributed by atoms with van der Waals surface area (Å²) in [6, 6.07) is 4.56. The number of carbonyl (C=O) groups is 1. The number of likely N-dealkylation sites (tertiary alicyclic amines) is 1. The highest BCUT2D eigenvalue weighted by Crippen LogP contribution is 2.33. The highest BCUT2D eigenvalue weighted by molar-refractivity contribution is 7.89. The molecule has 3 rings (SSSR count). The van der Waals surface area contributed by atoms with Gasteiger partial charge in [0.2, 0.25) is 15.9 Å². The van der Waals surface area contributed by atoms with Gasteiger partial charge in [0, 0.05) is 39.3 Å². The molecule has 1 amide bonds. The smallest absolute Gasteiger partial charge is 0.341 e. The molecule has 11 heteroatoms. The Morgan fingerprint density at radius 1 is 1.03 bits per heavy atom. The Hall–Kier alpha value is -1.72. The molecule has 0 radical (unpaired) electrons. The Bertz CT molecular complexity index is 822. The van der Waals surface area contributed by atoms with Crippen LogP contribution >= 0.6 is 0 Å². The van der Waals surface area contributed by atoms with Gasteiger partial charge in [0.05, 0.1) is 17.4 Å². The molecular weight excluding hydrogens is 414 g/mol. The van der Waals surface area contributed by atoms with Crippen molar-refractivity contribution in [2.24, 2.45) is 5.92 Å². The first-order valence-electron chi connectivity index (χ1n) is 9.40. The number of halogens is 4. The maximum absolute atomic E-state index is 13.0. The van der Waals surface area contributed by atoms with Crippen molar-refractivity contribution in [3.05, 3.63) is 30.1 Å². The molecule has 2 saturated heterocycles. The zero-order valence-electron chi connectivity index (χ0n) is 15.7. The van der Waals surface area contributed by atoms with Crippen LogP contribution in [-0.2, 0) is 14.8 Å². The Balaban J connectivity index is 1.53. The van der Waals surface area contributed by atoms with Gasteiger partial charge in [0.15, 0.2) is 0 Å². The van der Waals surface area contributed by atoms with E-state index in [-0.39, 0.29) is 43.4 Å². The maximum Gasteiger partial charge on any atom is 0.393 e. The number of piperazine rings is 1. The van der Waals surface area contributed by atoms with Crippen LogP contribution < -0.4 is 0 Å². The third-order valence-electron chi connectivity index (χ3n) is 5.38. The van der Waals surface area contributed by atoms with E-state index in [4.69, 9.17) is 0 Å². The van der Waals surface area contributed by atoms with Crippen molar-refractivity contribution in [2.45, 2.75) is 23.9 Å². The Kier molecular flexibility index (Phi) is 6.49. The van der Waals surface area contributed by atoms with E-state index in [0.717, 1.165) is 12.1 Å². The second kappa shape index (κ2) is 8.57. The molecule has 1 atom stereocenters. The first-order valence-corrected chi connectivity index (χ1v) is 10.8. The summed E-state index contributed by atoms with van der Waals surface area (Å²) in [7, 11) is -3.76. The van der Waals surface area contributed by atoms with Gasteiger partial charge in [-0.25, -0.2) is 12.8 Å². The van der Waals surface area contributed by atoms with Crippen molar-refractivity contribution in [2.75, 3.05) is 45.8 Å². The van der Waals surface area contributed by atoms with Crippen molar-refractivity contribution >= 4 is 15.9 Å². The standard InChI is InChI=1S/C18H23F4N3O3S/c19-15-3-5-16(6-4-15)29(27,28)25-10-8-23(9-11-25)13-17(26)24-7-1-2-14(12-24)18(20,21)22/h3-6,14H,1-2,7-13H2. The van der Waals surface area contributed by atoms with E-state index in [2.05, 4.69) is 0 Å². The third-order valence-corrected chi connectivity index (χ3v) is 7.29. The fourth-order valence-electron chi connectivity index (χ4n) is 3.65. The number of hydrogen-bond donors (Lipinski definition) is 0. The Morgan fingerprint density at radius 3 is 2.24 bits per heavy atom. The largest absolute Gasteiger partial charge is 0.393 e. The molecule has 2 aliphatic rings. The lowest BCUT2D eigenvalue weighted by Gasteiger charge is -2.37. The summed E-state index contributed by atoms with van der Waals surface area (Å²) in [5.41, 5.74) is 0. The second-order valence-electron chi connectivity index (χ2n) is 7.35. The summed E-state index contributed by atoms with van der Waals surface area (Å²) < 4.78 is 78.3. The first-order chi connectivity index (χ1) is 13.6. The Labute approximate surface area is 167 Å². The average molecular weight is 437 g/mol. The molecular formula is C18H23F4N3O3S. The van der Waals surface area contributed by atoms with Gasteiger partial charge < -0.3 is 4.90 Å². The van der Waals surface area contributed by atoms with Crippen molar-refractivity contribution in [1.29, 1.82) is 0 Å². The van der Waals surface area contributed by atoms with E-state index in [0.29, 0.717) is 26.1 Å². The van der Waals surface area contributed by atoms with E-state index in [1.165, 1.54) is 21.3 Å². The minimum atomic E-state index is -4.31. The van der Waals surface area contributed by atoms with Crippen LogP contribution in [0.5, 0.6) is 0 Å². The quantitative estimate of drug-likeness (QED) is 0.676. The number of amides is 1. The Morgan fingerprint density at radius 2 is 1.66 bits per heavy atom. The highest BCUT2D eigenvalue weighted by Gasteiger charge is 2.42. The summed E-state index contributed by atoms with van der Waals surface area (Å²) >= 11 is 0. The number of sulfonamides is 1. The minimum Gasteiger partial charge on any atom is -0.341 e. The van der Waals surface area contributed by atoms with Gasteiger partial charge in [-0.2, -0.15) is 17.5 Å². The van der Waals surface area contributed by atoms with Gasteiger partial charge in [0.25, 0.3) is 0 Å². The fraction of sp³-hybridized carbons (Fsp3) is 0.611. The van der Waals surface area contributed by atoms with E-state index in [1.807, 2.05) is 0 Å². The molecule has 29 heavy (non-hydrogen) atoms. The molecule has 0 N–H and O–H groups in total. The summed E-state index contributed by atoms with van der Waals surface area (Å²) in [5.74, 6) is -2.38. The van der Waals surface area contributed by atoms with E-state index in [9.17, 15) is 30.8 Å². The molecule has 1 aromatic rings. The first kappa shape index (κ1) is 22.0. The number of carbonyl (C=O) groups excluding carboxylic acids is 1. The molecule has 0 bridgehead atoms. The van der Waals surface area contributed by atoms with Gasteiger partial charge in [-0.1, -0.05) is 0 Å². The van der Waals surface area contributed by atoms with Crippen LogP contribution in [-0.4, -0.2) is 80.4 Å². The van der Waals surface area contributed by atoms with Crippen molar-refractivity contribution in [3.63, 3.8) is 0 Å². The van der Waals surface area contributed by atoms with Crippen LogP contribution in [0.3, 0.4) is 0 Å². The summed E-state index contributed by atoms with van der Waals surface area (Å²) in [5, 5.41) is 0. The van der Waals surface area contributed by atoms with E-state index < -0.39 is 27.9 Å². The van der Waals surface area contributed by atoms with Crippen LogP contribution in [0.4, 0.5) is 17.6 Å². The van der Waals surface area contributed by atoms with Gasteiger partial charge in [0.1, 0.15) is 5.82 Å². The third kappa shape index (κ3) is 5.26. The molecule has 1 unspecified atom stereocenters. The average Bonchev–Trinajstić information content (AvgIpc) is 2.68. The molecule has 0 spiro atoms. The molecule has 162 valence electrons. The van der Waals surface area contributed by atoms with Gasteiger partial charge in [-0.3, -0.25) is 9.69 Å². The van der Waals surface area contributed by atoms with Gasteiger partial charge >= 0.3 is 6.18 Å². The van der Waals surface area contributed by atoms with Crippen LogP contribution in [0.1, 0.15) is 12.8 Å². The highest BCUT2D eigenvalue weighted by atomic mass is 32.2. The summed E-state index contributed by atoms with van der Waals surface area (Å²) in [6.45, 7) is 0.850. The molecule has 2 aliphatic heterocycles. The predicted octanol–water partition coefficient (Wildman–Crippen LogP) is 1.93. The van der Waals surface area contributed by atoms with Crippen molar-refractivity contribution < 1.29 is 30.8 Å². The lowest BCUT2D eigenvalue weighted by molar-refractivity contribution is -0.188. The van der Waals surface area contributed by atoms with Crippen molar-refractivity contribution in [1.82, 2.24) is 14.1 Å². The second-order valence-corrected chi connectivity index (χ2v) is 9.29. The number of benzene rings is 1. The maximum atomic E-state index is 13.0. The lowest BCUT2D eigenvalue weighted by Crippen LogP contribution is -2.53. The van der Waals surface area contributed by atoms with Gasteiger partial charge in [-0.15, -0.1) is 0 Å². The fourth-order valence-corrected chi connectivity index (χ4v) is 5.07. The lowest BCUT2D eigenvalue weighted by atomic mass is 9.97. The SMILES string of the molecule is O=C(CN1CCN(S(=O)(=O)c2ccc(F)cc2)CC1)N1CCCC(C(F)(F)F)C1. The molecule has 0 aliphatic carbocycles. The van der Waals surface area contributed by atoms with Crippen LogP contribution in [0.2, 0.25) is 0 Å². The monoisotopic (exact) mass is 437 g/mol. The van der Waals surface area contributed by atoms with Crippen LogP contribution in [0.15, 0.2) is 29.2 Å². The van der Waals surface area contributed by atoms with Crippen LogP contribution in [0.25, 0.3) is 0 Å². The van der Waals surface area contributed by atoms with Crippen LogP contribution in [0, 0.1) is 11.7 Å². The van der Waals surface area contributed by atoms with E-state index >= 15 is 0 Å². The molecule has 2 heterocycles. The predicted molar refractivity (Wildman–Crippen MR) is 97.0 cm³/mol. The van der Waals surface area contributed by atoms with E-state index in [1.54, 1.807) is 4.90 Å². The molecule has 6 nitrogen and oxygen atoms in total. The zero-order valence-corrected chi connectivity index (χ0v) is 16.6. The topological polar surface area (TPSA) is 60.9 Å². The number of hydrogen-bond acceptors (Lipinski definition) is 4. The number of piperidine rings is 1. The molecule has 1 aromatic carbocycles. The summed E-state index contributed by atoms with van der Waals surface area (Å²) in [4.78, 5) is 15.4. The minimum absolute atomic E-state index is 0.00469. The van der Waals surface area contributed by atoms with Gasteiger partial charge in [-0.05, 0) is 37.1 Å². The molecule has 0 aromatic heterocycles. The van der Waals surface area contributed by atoms with Crippen molar-refractivity contribution in [3.8, 4) is 0 Å². The molecule has 2 fully saturated rings. The number of rotatable bonds is 4. The normalized spacial score (nSPS) is 22.6. The number of nitrogens with zero attached hydrogens (tertiary/aromatic N) is 3. The molecule has 0 saturated carbocycles. The summed E-state index contributed by atoms with van der Waals surface area (Å²) in [6.07, 6.45) is -3.95.